The minimum atomic E-state index is -0.271. The first-order valence-electron chi connectivity index (χ1n) is 7.07. The number of carbonyl (C=O) groups excluding carboxylic acids is 1. The van der Waals surface area contributed by atoms with E-state index in [2.05, 4.69) is 15.3 Å². The predicted octanol–water partition coefficient (Wildman–Crippen LogP) is 3.22. The van der Waals surface area contributed by atoms with Crippen molar-refractivity contribution in [3.63, 3.8) is 0 Å². The SMILES string of the molecule is CC/C=C\C(=NC)C(=O)Nc1ccc2cc(OC)ccc2n1. The predicted molar refractivity (Wildman–Crippen MR) is 89.7 cm³/mol. The Morgan fingerprint density at radius 2 is 2.18 bits per heavy atom. The highest BCUT2D eigenvalue weighted by molar-refractivity contribution is 6.47. The number of nitrogens with one attached hydrogen (secondary N) is 1. The van der Waals surface area contributed by atoms with Crippen LogP contribution in [0.3, 0.4) is 0 Å². The molecule has 0 bridgehead atoms. The van der Waals surface area contributed by atoms with E-state index in [0.29, 0.717) is 11.5 Å². The summed E-state index contributed by atoms with van der Waals surface area (Å²) < 4.78 is 5.18. The number of nitrogens with zero attached hydrogens (tertiary/aromatic N) is 2. The average molecular weight is 297 g/mol. The number of anilines is 1. The summed E-state index contributed by atoms with van der Waals surface area (Å²) in [6.45, 7) is 2.00. The van der Waals surface area contributed by atoms with Crippen LogP contribution in [-0.4, -0.2) is 30.8 Å². The van der Waals surface area contributed by atoms with Crippen molar-refractivity contribution >= 4 is 28.3 Å². The lowest BCUT2D eigenvalue weighted by atomic mass is 10.2. The number of amides is 1. The molecule has 0 aliphatic heterocycles. The molecule has 5 heteroatoms. The maximum Gasteiger partial charge on any atom is 0.274 e. The lowest BCUT2D eigenvalue weighted by Crippen LogP contribution is -2.21. The summed E-state index contributed by atoms with van der Waals surface area (Å²) in [7, 11) is 3.22. The lowest BCUT2D eigenvalue weighted by Gasteiger charge is -2.06. The molecule has 1 aromatic carbocycles. The Hall–Kier alpha value is -2.69. The van der Waals surface area contributed by atoms with E-state index in [-0.39, 0.29) is 5.91 Å². The molecule has 2 rings (SSSR count). The molecule has 1 N–H and O–H groups in total. The fourth-order valence-corrected chi connectivity index (χ4v) is 1.96. The van der Waals surface area contributed by atoms with Gasteiger partial charge in [-0.05, 0) is 42.8 Å². The van der Waals surface area contributed by atoms with Crippen LogP contribution in [0.15, 0.2) is 47.5 Å². The molecule has 1 aromatic heterocycles. The number of pyridine rings is 1. The van der Waals surface area contributed by atoms with Gasteiger partial charge in [0.05, 0.1) is 12.6 Å². The summed E-state index contributed by atoms with van der Waals surface area (Å²) in [6.07, 6.45) is 4.45. The number of hydrogen-bond donors (Lipinski definition) is 1. The third-order valence-electron chi connectivity index (χ3n) is 3.12. The normalized spacial score (nSPS) is 11.9. The van der Waals surface area contributed by atoms with Crippen molar-refractivity contribution in [3.8, 4) is 5.75 Å². The van der Waals surface area contributed by atoms with Crippen molar-refractivity contribution in [2.24, 2.45) is 4.99 Å². The van der Waals surface area contributed by atoms with Crippen molar-refractivity contribution in [3.05, 3.63) is 42.5 Å². The summed E-state index contributed by atoms with van der Waals surface area (Å²) in [5.41, 5.74) is 1.16. The summed E-state index contributed by atoms with van der Waals surface area (Å²) in [5.74, 6) is 0.998. The van der Waals surface area contributed by atoms with Gasteiger partial charge in [-0.25, -0.2) is 4.98 Å². The van der Waals surface area contributed by atoms with Crippen LogP contribution < -0.4 is 10.1 Å². The molecule has 0 aliphatic rings. The highest BCUT2D eigenvalue weighted by Crippen LogP contribution is 2.20. The van der Waals surface area contributed by atoms with Gasteiger partial charge >= 0.3 is 0 Å². The van der Waals surface area contributed by atoms with E-state index >= 15 is 0 Å². The van der Waals surface area contributed by atoms with Crippen LogP contribution in [0.5, 0.6) is 5.75 Å². The minimum Gasteiger partial charge on any atom is -0.497 e. The first kappa shape index (κ1) is 15.7. The third kappa shape index (κ3) is 3.69. The lowest BCUT2D eigenvalue weighted by molar-refractivity contribution is -0.110. The van der Waals surface area contributed by atoms with Crippen molar-refractivity contribution in [1.82, 2.24) is 4.98 Å². The summed E-state index contributed by atoms with van der Waals surface area (Å²) in [4.78, 5) is 20.5. The van der Waals surface area contributed by atoms with Crippen LogP contribution >= 0.6 is 0 Å². The number of methoxy groups -OCH3 is 1. The Labute approximate surface area is 129 Å². The van der Waals surface area contributed by atoms with Gasteiger partial charge in [0.1, 0.15) is 17.3 Å². The number of benzene rings is 1. The quantitative estimate of drug-likeness (QED) is 0.862. The standard InChI is InChI=1S/C17H19N3O2/c1-4-5-6-15(18-2)17(21)20-16-10-7-12-11-13(22-3)8-9-14(12)19-16/h5-11H,4H2,1-3H3,(H,19,20,21)/b6-5-,18-15?. The minimum absolute atomic E-state index is 0.271. The number of aromatic nitrogens is 1. The molecule has 0 atom stereocenters. The van der Waals surface area contributed by atoms with Gasteiger partial charge in [0.25, 0.3) is 5.91 Å². The maximum absolute atomic E-state index is 12.1. The number of allylic oxidation sites excluding steroid dienone is 1. The van der Waals surface area contributed by atoms with Gasteiger partial charge in [-0.15, -0.1) is 0 Å². The van der Waals surface area contributed by atoms with E-state index in [1.165, 1.54) is 0 Å². The average Bonchev–Trinajstić information content (AvgIpc) is 2.55. The number of fused-ring (bicyclic) bond motifs is 1. The van der Waals surface area contributed by atoms with Crippen LogP contribution in [0, 0.1) is 0 Å². The Bertz CT molecular complexity index is 736. The largest absolute Gasteiger partial charge is 0.497 e. The number of carbonyl (C=O) groups is 1. The summed E-state index contributed by atoms with van der Waals surface area (Å²) in [6, 6.07) is 9.25. The van der Waals surface area contributed by atoms with Gasteiger partial charge in [0.15, 0.2) is 0 Å². The molecule has 0 aliphatic carbocycles. The number of hydrogen-bond acceptors (Lipinski definition) is 4. The van der Waals surface area contributed by atoms with Crippen LogP contribution in [0.2, 0.25) is 0 Å². The molecule has 0 saturated carbocycles. The van der Waals surface area contributed by atoms with Crippen molar-refractivity contribution in [2.45, 2.75) is 13.3 Å². The van der Waals surface area contributed by atoms with Gasteiger partial charge in [-0.1, -0.05) is 13.0 Å². The van der Waals surface area contributed by atoms with E-state index in [1.54, 1.807) is 26.3 Å². The zero-order valence-corrected chi connectivity index (χ0v) is 13.0. The van der Waals surface area contributed by atoms with Gasteiger partial charge in [0.2, 0.25) is 0 Å². The van der Waals surface area contributed by atoms with E-state index < -0.39 is 0 Å². The van der Waals surface area contributed by atoms with Crippen LogP contribution in [0.4, 0.5) is 5.82 Å². The Morgan fingerprint density at radius 1 is 1.36 bits per heavy atom. The fraction of sp³-hybridized carbons (Fsp3) is 0.235. The third-order valence-corrected chi connectivity index (χ3v) is 3.12. The second kappa shape index (κ2) is 7.36. The molecule has 0 fully saturated rings. The monoisotopic (exact) mass is 297 g/mol. The fourth-order valence-electron chi connectivity index (χ4n) is 1.96. The number of rotatable bonds is 5. The molecule has 0 radical (unpaired) electrons. The van der Waals surface area contributed by atoms with Gasteiger partial charge in [0, 0.05) is 12.4 Å². The molecule has 5 nitrogen and oxygen atoms in total. The van der Waals surface area contributed by atoms with Gasteiger partial charge in [-0.2, -0.15) is 0 Å². The molecule has 1 heterocycles. The highest BCUT2D eigenvalue weighted by atomic mass is 16.5. The molecule has 0 unspecified atom stereocenters. The van der Waals surface area contributed by atoms with E-state index in [1.807, 2.05) is 37.3 Å². The van der Waals surface area contributed by atoms with Crippen molar-refractivity contribution in [1.29, 1.82) is 0 Å². The first-order valence-corrected chi connectivity index (χ1v) is 7.07. The number of ether oxygens (including phenoxy) is 1. The number of aliphatic imine (C=N–C) groups is 1. The zero-order valence-electron chi connectivity index (χ0n) is 13.0. The van der Waals surface area contributed by atoms with Gasteiger partial charge < -0.3 is 10.1 Å². The topological polar surface area (TPSA) is 63.6 Å². The van der Waals surface area contributed by atoms with Crippen LogP contribution in [0.25, 0.3) is 10.9 Å². The molecule has 0 spiro atoms. The smallest absolute Gasteiger partial charge is 0.274 e. The summed E-state index contributed by atoms with van der Waals surface area (Å²) in [5, 5.41) is 3.71. The van der Waals surface area contributed by atoms with Crippen molar-refractivity contribution < 1.29 is 9.53 Å². The molecule has 1 amide bonds. The Morgan fingerprint density at radius 3 is 2.86 bits per heavy atom. The van der Waals surface area contributed by atoms with Crippen molar-refractivity contribution in [2.75, 3.05) is 19.5 Å². The Kier molecular flexibility index (Phi) is 5.25. The van der Waals surface area contributed by atoms with E-state index in [4.69, 9.17) is 4.74 Å². The zero-order chi connectivity index (χ0) is 15.9. The first-order chi connectivity index (χ1) is 10.7. The highest BCUT2D eigenvalue weighted by Gasteiger charge is 2.09. The summed E-state index contributed by atoms with van der Waals surface area (Å²) >= 11 is 0. The molecular formula is C17H19N3O2. The molecule has 0 saturated heterocycles. The molecule has 22 heavy (non-hydrogen) atoms. The second-order valence-corrected chi connectivity index (χ2v) is 4.63. The van der Waals surface area contributed by atoms with Crippen LogP contribution in [0.1, 0.15) is 13.3 Å². The van der Waals surface area contributed by atoms with Crippen LogP contribution in [-0.2, 0) is 4.79 Å². The van der Waals surface area contributed by atoms with Gasteiger partial charge in [-0.3, -0.25) is 9.79 Å². The molecule has 2 aromatic rings. The Balaban J connectivity index is 2.21. The van der Waals surface area contributed by atoms with E-state index in [9.17, 15) is 4.79 Å². The van der Waals surface area contributed by atoms with E-state index in [0.717, 1.165) is 23.1 Å². The maximum atomic E-state index is 12.1. The second-order valence-electron chi connectivity index (χ2n) is 4.63. The molecule has 114 valence electrons. The molecular weight excluding hydrogens is 278 g/mol.